The maximum Gasteiger partial charge on any atom is 0.296 e. The van der Waals surface area contributed by atoms with Crippen LogP contribution in [0.3, 0.4) is 0 Å². The van der Waals surface area contributed by atoms with Gasteiger partial charge in [0.2, 0.25) is 0 Å². The highest BCUT2D eigenvalue weighted by Crippen LogP contribution is 2.40. The highest BCUT2D eigenvalue weighted by molar-refractivity contribution is 6.46. The molecule has 4 rings (SSSR count). The van der Waals surface area contributed by atoms with Crippen LogP contribution in [0.5, 0.6) is 0 Å². The van der Waals surface area contributed by atoms with Crippen molar-refractivity contribution in [1.29, 1.82) is 0 Å². The number of likely N-dealkylation sites (tertiary alicyclic amines) is 1. The number of ketones is 1. The zero-order chi connectivity index (χ0) is 20.5. The molecule has 5 nitrogen and oxygen atoms in total. The number of carbonyl (C=O) groups is 2. The molecule has 1 fully saturated rings. The number of hydrogen-bond donors (Lipinski definition) is 1. The third kappa shape index (κ3) is 3.57. The topological polar surface area (TPSA) is 70.8 Å². The van der Waals surface area contributed by atoms with Gasteiger partial charge in [0.05, 0.1) is 24.4 Å². The zero-order valence-electron chi connectivity index (χ0n) is 15.6. The van der Waals surface area contributed by atoms with Crippen LogP contribution in [0.15, 0.2) is 76.9 Å². The monoisotopic (exact) mass is 407 g/mol. The van der Waals surface area contributed by atoms with Crippen molar-refractivity contribution in [2.45, 2.75) is 19.5 Å². The summed E-state index contributed by atoms with van der Waals surface area (Å²) in [6.45, 7) is 2.04. The van der Waals surface area contributed by atoms with Gasteiger partial charge in [0.25, 0.3) is 11.7 Å². The summed E-state index contributed by atoms with van der Waals surface area (Å²) < 4.78 is 5.37. The summed E-state index contributed by atoms with van der Waals surface area (Å²) >= 11 is 6.01. The van der Waals surface area contributed by atoms with Crippen LogP contribution < -0.4 is 0 Å². The first kappa shape index (κ1) is 19.0. The average Bonchev–Trinajstić information content (AvgIpc) is 3.31. The predicted octanol–water partition coefficient (Wildman–Crippen LogP) is 4.86. The van der Waals surface area contributed by atoms with Crippen LogP contribution in [0.1, 0.15) is 28.5 Å². The molecule has 0 bridgehead atoms. The Labute approximate surface area is 172 Å². The molecule has 1 unspecified atom stereocenters. The summed E-state index contributed by atoms with van der Waals surface area (Å²) in [4.78, 5) is 27.2. The minimum absolute atomic E-state index is 0.0488. The fraction of sp³-hybridized carbons (Fsp3) is 0.130. The van der Waals surface area contributed by atoms with Gasteiger partial charge in [0.15, 0.2) is 0 Å². The molecule has 1 aliphatic heterocycles. The first-order valence-electron chi connectivity index (χ1n) is 9.09. The van der Waals surface area contributed by atoms with Crippen LogP contribution in [-0.2, 0) is 16.1 Å². The number of aryl methyl sites for hydroxylation is 1. The number of amides is 1. The van der Waals surface area contributed by atoms with Crippen molar-refractivity contribution in [1.82, 2.24) is 4.90 Å². The van der Waals surface area contributed by atoms with E-state index in [9.17, 15) is 14.7 Å². The molecule has 2 aromatic carbocycles. The molecule has 1 aliphatic rings. The third-order valence-electron chi connectivity index (χ3n) is 4.96. The highest BCUT2D eigenvalue weighted by atomic mass is 35.5. The maximum atomic E-state index is 12.9. The number of Topliss-reactive ketones (excluding diaryl/α,β-unsaturated/α-hetero) is 1. The van der Waals surface area contributed by atoms with Crippen LogP contribution in [0, 0.1) is 6.92 Å². The molecule has 1 N–H and O–H groups in total. The molecule has 29 heavy (non-hydrogen) atoms. The van der Waals surface area contributed by atoms with Crippen LogP contribution in [0.25, 0.3) is 5.76 Å². The molecule has 3 aromatic rings. The number of rotatable bonds is 4. The molecule has 1 amide bonds. The van der Waals surface area contributed by atoms with Crippen LogP contribution in [0.4, 0.5) is 0 Å². The molecule has 1 atom stereocenters. The van der Waals surface area contributed by atoms with Crippen molar-refractivity contribution >= 4 is 29.1 Å². The van der Waals surface area contributed by atoms with Crippen molar-refractivity contribution in [3.8, 4) is 0 Å². The van der Waals surface area contributed by atoms with Gasteiger partial charge in [0, 0.05) is 10.6 Å². The molecule has 6 heteroatoms. The lowest BCUT2D eigenvalue weighted by atomic mass is 9.95. The second kappa shape index (κ2) is 7.60. The van der Waals surface area contributed by atoms with Crippen LogP contribution in [-0.4, -0.2) is 21.7 Å². The molecular weight excluding hydrogens is 390 g/mol. The van der Waals surface area contributed by atoms with Gasteiger partial charge in [-0.3, -0.25) is 9.59 Å². The average molecular weight is 408 g/mol. The van der Waals surface area contributed by atoms with Gasteiger partial charge in [-0.25, -0.2) is 0 Å². The maximum absolute atomic E-state index is 12.9. The van der Waals surface area contributed by atoms with Gasteiger partial charge in [0.1, 0.15) is 11.5 Å². The Balaban J connectivity index is 1.86. The van der Waals surface area contributed by atoms with Gasteiger partial charge >= 0.3 is 0 Å². The number of carbonyl (C=O) groups excluding carboxylic acids is 2. The molecule has 0 radical (unpaired) electrons. The predicted molar refractivity (Wildman–Crippen MR) is 109 cm³/mol. The first-order valence-corrected chi connectivity index (χ1v) is 9.47. The van der Waals surface area contributed by atoms with E-state index in [2.05, 4.69) is 0 Å². The molecule has 0 saturated carbocycles. The van der Waals surface area contributed by atoms with Crippen molar-refractivity contribution in [2.75, 3.05) is 0 Å². The Hall–Kier alpha value is -3.31. The second-order valence-electron chi connectivity index (χ2n) is 6.92. The van der Waals surface area contributed by atoms with Crippen LogP contribution in [0.2, 0.25) is 5.02 Å². The summed E-state index contributed by atoms with van der Waals surface area (Å²) in [5.74, 6) is -1.07. The van der Waals surface area contributed by atoms with Crippen molar-refractivity contribution in [3.63, 3.8) is 0 Å². The Kier molecular flexibility index (Phi) is 4.99. The minimum Gasteiger partial charge on any atom is -0.507 e. The Morgan fingerprint density at radius 3 is 2.38 bits per heavy atom. The van der Waals surface area contributed by atoms with Gasteiger partial charge in [-0.1, -0.05) is 53.6 Å². The summed E-state index contributed by atoms with van der Waals surface area (Å²) in [5, 5.41) is 11.5. The molecule has 1 saturated heterocycles. The van der Waals surface area contributed by atoms with Gasteiger partial charge in [-0.2, -0.15) is 0 Å². The van der Waals surface area contributed by atoms with E-state index in [1.54, 1.807) is 48.5 Å². The lowest BCUT2D eigenvalue weighted by Gasteiger charge is -2.24. The van der Waals surface area contributed by atoms with E-state index >= 15 is 0 Å². The molecule has 0 aliphatic carbocycles. The van der Waals surface area contributed by atoms with E-state index < -0.39 is 17.7 Å². The van der Waals surface area contributed by atoms with Crippen LogP contribution >= 0.6 is 11.6 Å². The Morgan fingerprint density at radius 1 is 1.07 bits per heavy atom. The van der Waals surface area contributed by atoms with Gasteiger partial charge in [-0.05, 0) is 36.8 Å². The number of nitrogens with zero attached hydrogens (tertiary/aromatic N) is 1. The second-order valence-corrected chi connectivity index (χ2v) is 7.36. The lowest BCUT2D eigenvalue weighted by Crippen LogP contribution is -2.29. The minimum atomic E-state index is -0.751. The fourth-order valence-corrected chi connectivity index (χ4v) is 3.60. The zero-order valence-corrected chi connectivity index (χ0v) is 16.4. The summed E-state index contributed by atoms with van der Waals surface area (Å²) in [5.41, 5.74) is 2.22. The van der Waals surface area contributed by atoms with Gasteiger partial charge < -0.3 is 14.4 Å². The SMILES string of the molecule is Cc1ccc(/C(O)=C2\C(=O)C(=O)N(Cc3ccco3)C2c2ccc(Cl)cc2)cc1. The Morgan fingerprint density at radius 2 is 1.76 bits per heavy atom. The third-order valence-corrected chi connectivity index (χ3v) is 5.21. The Bertz CT molecular complexity index is 1080. The first-order chi connectivity index (χ1) is 14.0. The number of furan rings is 1. The number of benzene rings is 2. The quantitative estimate of drug-likeness (QED) is 0.381. The summed E-state index contributed by atoms with van der Waals surface area (Å²) in [7, 11) is 0. The van der Waals surface area contributed by atoms with E-state index in [-0.39, 0.29) is 17.9 Å². The highest BCUT2D eigenvalue weighted by Gasteiger charge is 2.46. The molecular formula is C23H18ClNO4. The summed E-state index contributed by atoms with van der Waals surface area (Å²) in [6.07, 6.45) is 1.51. The van der Waals surface area contributed by atoms with Crippen molar-refractivity contribution in [2.24, 2.45) is 0 Å². The standard InChI is InChI=1S/C23H18ClNO4/c1-14-4-6-16(7-5-14)21(26)19-20(15-8-10-17(24)11-9-15)25(23(28)22(19)27)13-18-3-2-12-29-18/h2-12,20,26H,13H2,1H3/b21-19+. The number of aliphatic hydroxyl groups is 1. The van der Waals surface area contributed by atoms with E-state index in [1.807, 2.05) is 19.1 Å². The number of hydrogen-bond acceptors (Lipinski definition) is 4. The van der Waals surface area contributed by atoms with E-state index in [0.29, 0.717) is 21.9 Å². The smallest absolute Gasteiger partial charge is 0.296 e. The van der Waals surface area contributed by atoms with E-state index in [4.69, 9.17) is 16.0 Å². The molecule has 0 spiro atoms. The normalized spacial score (nSPS) is 18.4. The number of halogens is 1. The summed E-state index contributed by atoms with van der Waals surface area (Å²) in [6, 6.07) is 16.7. The molecule has 146 valence electrons. The molecule has 2 heterocycles. The number of aliphatic hydroxyl groups excluding tert-OH is 1. The van der Waals surface area contributed by atoms with Crippen molar-refractivity contribution in [3.05, 3.63) is 100.0 Å². The van der Waals surface area contributed by atoms with E-state index in [0.717, 1.165) is 5.56 Å². The lowest BCUT2D eigenvalue weighted by molar-refractivity contribution is -0.140. The van der Waals surface area contributed by atoms with E-state index in [1.165, 1.54) is 11.2 Å². The fourth-order valence-electron chi connectivity index (χ4n) is 3.47. The largest absolute Gasteiger partial charge is 0.507 e. The van der Waals surface area contributed by atoms with Crippen molar-refractivity contribution < 1.29 is 19.1 Å². The molecule has 1 aromatic heterocycles. The van der Waals surface area contributed by atoms with Gasteiger partial charge in [-0.15, -0.1) is 0 Å².